The maximum Gasteiger partial charge on any atom is 0.411 e. The molecule has 0 bridgehead atoms. The number of carbonyl (C=O) groups is 2. The molecular formula is C19H27NO4. The second kappa shape index (κ2) is 7.69. The van der Waals surface area contributed by atoms with E-state index < -0.39 is 23.7 Å². The molecule has 1 aromatic rings. The van der Waals surface area contributed by atoms with Gasteiger partial charge < -0.3 is 9.47 Å². The van der Waals surface area contributed by atoms with Crippen LogP contribution in [0.5, 0.6) is 0 Å². The van der Waals surface area contributed by atoms with Gasteiger partial charge in [-0.05, 0) is 51.2 Å². The van der Waals surface area contributed by atoms with E-state index in [-0.39, 0.29) is 0 Å². The predicted octanol–water partition coefficient (Wildman–Crippen LogP) is 3.34. The molecule has 1 heterocycles. The quantitative estimate of drug-likeness (QED) is 0.740. The van der Waals surface area contributed by atoms with E-state index in [4.69, 9.17) is 9.47 Å². The van der Waals surface area contributed by atoms with Crippen LogP contribution in [-0.2, 0) is 27.1 Å². The Labute approximate surface area is 143 Å². The van der Waals surface area contributed by atoms with Crippen LogP contribution in [0.15, 0.2) is 24.3 Å². The van der Waals surface area contributed by atoms with Gasteiger partial charge in [-0.3, -0.25) is 4.90 Å². The molecule has 24 heavy (non-hydrogen) atoms. The summed E-state index contributed by atoms with van der Waals surface area (Å²) < 4.78 is 10.5. The van der Waals surface area contributed by atoms with Crippen LogP contribution in [0.3, 0.4) is 0 Å². The average molecular weight is 333 g/mol. The van der Waals surface area contributed by atoms with Crippen LogP contribution in [0.2, 0.25) is 0 Å². The Bertz CT molecular complexity index is 591. The molecule has 0 N–H and O–H groups in total. The van der Waals surface area contributed by atoms with Gasteiger partial charge in [-0.15, -0.1) is 0 Å². The van der Waals surface area contributed by atoms with Crippen LogP contribution in [-0.4, -0.2) is 42.3 Å². The predicted molar refractivity (Wildman–Crippen MR) is 91.8 cm³/mol. The second-order valence-electron chi connectivity index (χ2n) is 7.14. The molecule has 132 valence electrons. The summed E-state index contributed by atoms with van der Waals surface area (Å²) >= 11 is 0. The van der Waals surface area contributed by atoms with Crippen molar-refractivity contribution in [1.82, 2.24) is 4.90 Å². The van der Waals surface area contributed by atoms with Crippen molar-refractivity contribution >= 4 is 12.1 Å². The molecular weight excluding hydrogens is 306 g/mol. The van der Waals surface area contributed by atoms with Crippen molar-refractivity contribution in [3.05, 3.63) is 35.4 Å². The number of esters is 1. The fourth-order valence-electron chi connectivity index (χ4n) is 2.96. The topological polar surface area (TPSA) is 55.8 Å². The fraction of sp³-hybridized carbons (Fsp3) is 0.579. The number of methoxy groups -OCH3 is 1. The highest BCUT2D eigenvalue weighted by molar-refractivity contribution is 5.82. The average Bonchev–Trinajstić information content (AvgIpc) is 2.60. The molecule has 0 radical (unpaired) electrons. The van der Waals surface area contributed by atoms with Gasteiger partial charge in [0, 0.05) is 13.0 Å². The van der Waals surface area contributed by atoms with E-state index in [2.05, 4.69) is 6.07 Å². The van der Waals surface area contributed by atoms with E-state index in [0.717, 1.165) is 24.8 Å². The van der Waals surface area contributed by atoms with Gasteiger partial charge in [-0.25, -0.2) is 9.59 Å². The summed E-state index contributed by atoms with van der Waals surface area (Å²) in [4.78, 5) is 26.5. The Hall–Kier alpha value is -2.04. The normalized spacial score (nSPS) is 18.7. The van der Waals surface area contributed by atoms with Crippen molar-refractivity contribution in [2.24, 2.45) is 0 Å². The zero-order valence-electron chi connectivity index (χ0n) is 15.0. The van der Waals surface area contributed by atoms with Gasteiger partial charge in [0.2, 0.25) is 0 Å². The number of rotatable bonds is 1. The number of hydrogen-bond donors (Lipinski definition) is 0. The van der Waals surface area contributed by atoms with Gasteiger partial charge in [0.25, 0.3) is 0 Å². The lowest BCUT2D eigenvalue weighted by Crippen LogP contribution is -2.49. The van der Waals surface area contributed by atoms with E-state index in [1.807, 2.05) is 39.0 Å². The van der Waals surface area contributed by atoms with E-state index in [9.17, 15) is 9.59 Å². The molecule has 1 amide bonds. The number of amides is 1. The summed E-state index contributed by atoms with van der Waals surface area (Å²) in [7, 11) is 1.36. The summed E-state index contributed by atoms with van der Waals surface area (Å²) in [5, 5.41) is 0. The molecule has 0 fully saturated rings. The molecule has 5 nitrogen and oxygen atoms in total. The van der Waals surface area contributed by atoms with E-state index >= 15 is 0 Å². The van der Waals surface area contributed by atoms with Gasteiger partial charge in [0.15, 0.2) is 0 Å². The highest BCUT2D eigenvalue weighted by atomic mass is 16.6. The molecule has 1 aromatic carbocycles. The fourth-order valence-corrected chi connectivity index (χ4v) is 2.96. The third-order valence-electron chi connectivity index (χ3n) is 4.10. The minimum Gasteiger partial charge on any atom is -0.467 e. The number of fused-ring (bicyclic) bond motifs is 1. The third kappa shape index (κ3) is 4.73. The highest BCUT2D eigenvalue weighted by Gasteiger charge is 2.34. The number of hydrogen-bond acceptors (Lipinski definition) is 4. The summed E-state index contributed by atoms with van der Waals surface area (Å²) in [5.41, 5.74) is 1.72. The lowest BCUT2D eigenvalue weighted by Gasteiger charge is -2.32. The third-order valence-corrected chi connectivity index (χ3v) is 4.10. The number of carbonyl (C=O) groups excluding carboxylic acids is 2. The summed E-state index contributed by atoms with van der Waals surface area (Å²) in [6, 6.07) is 7.42. The van der Waals surface area contributed by atoms with Gasteiger partial charge in [-0.1, -0.05) is 24.3 Å². The van der Waals surface area contributed by atoms with Gasteiger partial charge >= 0.3 is 12.1 Å². The largest absolute Gasteiger partial charge is 0.467 e. The Morgan fingerprint density at radius 1 is 1.12 bits per heavy atom. The van der Waals surface area contributed by atoms with E-state index in [0.29, 0.717) is 13.0 Å². The Morgan fingerprint density at radius 3 is 2.42 bits per heavy atom. The van der Waals surface area contributed by atoms with Crippen LogP contribution in [0, 0.1) is 0 Å². The van der Waals surface area contributed by atoms with Gasteiger partial charge in [0.1, 0.15) is 11.6 Å². The van der Waals surface area contributed by atoms with Crippen molar-refractivity contribution in [2.75, 3.05) is 13.7 Å². The number of nitrogens with zero attached hydrogens (tertiary/aromatic N) is 1. The molecule has 1 aliphatic heterocycles. The first-order valence-corrected chi connectivity index (χ1v) is 8.46. The first kappa shape index (κ1) is 18.3. The molecule has 5 heteroatoms. The first-order valence-electron chi connectivity index (χ1n) is 8.46. The Kier molecular flexibility index (Phi) is 5.86. The van der Waals surface area contributed by atoms with Crippen molar-refractivity contribution in [3.8, 4) is 0 Å². The molecule has 1 unspecified atom stereocenters. The van der Waals surface area contributed by atoms with E-state index in [1.54, 1.807) is 0 Å². The zero-order chi connectivity index (χ0) is 17.7. The smallest absolute Gasteiger partial charge is 0.411 e. The van der Waals surface area contributed by atoms with Crippen molar-refractivity contribution in [3.63, 3.8) is 0 Å². The highest BCUT2D eigenvalue weighted by Crippen LogP contribution is 2.22. The maximum atomic E-state index is 12.6. The minimum absolute atomic E-state index is 0.405. The number of aryl methyl sites for hydroxylation is 1. The molecule has 0 aromatic heterocycles. The van der Waals surface area contributed by atoms with Crippen molar-refractivity contribution < 1.29 is 19.1 Å². The SMILES string of the molecule is COC(=O)C1Cc2ccccc2CCCCN1C(=O)OC(C)(C)C. The molecule has 0 saturated carbocycles. The molecule has 0 saturated heterocycles. The van der Waals surface area contributed by atoms with Crippen LogP contribution in [0.4, 0.5) is 4.79 Å². The van der Waals surface area contributed by atoms with Crippen molar-refractivity contribution in [1.29, 1.82) is 0 Å². The molecule has 0 spiro atoms. The van der Waals surface area contributed by atoms with Gasteiger partial charge in [0.05, 0.1) is 7.11 Å². The summed E-state index contributed by atoms with van der Waals surface area (Å²) in [6.07, 6.45) is 2.72. The maximum absolute atomic E-state index is 12.6. The van der Waals surface area contributed by atoms with Gasteiger partial charge in [-0.2, -0.15) is 0 Å². The molecule has 2 rings (SSSR count). The van der Waals surface area contributed by atoms with Crippen LogP contribution in [0.1, 0.15) is 44.7 Å². The second-order valence-corrected chi connectivity index (χ2v) is 7.14. The molecule has 1 atom stereocenters. The Morgan fingerprint density at radius 2 is 1.79 bits per heavy atom. The standard InChI is InChI=1S/C19H27NO4/c1-19(2,3)24-18(22)20-12-8-7-10-14-9-5-6-11-15(14)13-16(20)17(21)23-4/h5-6,9,11,16H,7-8,10,12-13H2,1-4H3. The lowest BCUT2D eigenvalue weighted by molar-refractivity contribution is -0.146. The first-order chi connectivity index (χ1) is 11.3. The molecule has 1 aliphatic rings. The zero-order valence-corrected chi connectivity index (χ0v) is 15.0. The minimum atomic E-state index is -0.663. The summed E-state index contributed by atoms with van der Waals surface area (Å²) in [6.45, 7) is 5.96. The Balaban J connectivity index is 2.33. The van der Waals surface area contributed by atoms with Crippen molar-refractivity contribution in [2.45, 2.75) is 58.1 Å². The van der Waals surface area contributed by atoms with E-state index in [1.165, 1.54) is 17.6 Å². The van der Waals surface area contributed by atoms with Crippen LogP contribution < -0.4 is 0 Å². The van der Waals surface area contributed by atoms with Crippen LogP contribution >= 0.6 is 0 Å². The lowest BCUT2D eigenvalue weighted by atomic mass is 9.97. The summed E-state index contributed by atoms with van der Waals surface area (Å²) in [5.74, 6) is -0.405. The number of ether oxygens (including phenoxy) is 2. The van der Waals surface area contributed by atoms with Crippen LogP contribution in [0.25, 0.3) is 0 Å². The molecule has 0 aliphatic carbocycles. The number of benzene rings is 1. The monoisotopic (exact) mass is 333 g/mol.